The minimum atomic E-state index is -0.0720. The van der Waals surface area contributed by atoms with Crippen LogP contribution in [0.25, 0.3) is 93.2 Å². The highest BCUT2D eigenvalue weighted by Gasteiger charge is 2.35. The maximum atomic E-state index is 2.48. The molecule has 0 radical (unpaired) electrons. The highest BCUT2D eigenvalue weighted by molar-refractivity contribution is 6.38. The molecular weight excluding hydrogens is 713 g/mol. The van der Waals surface area contributed by atoms with Gasteiger partial charge in [0.25, 0.3) is 0 Å². The molecule has 10 aromatic carbocycles. The van der Waals surface area contributed by atoms with Gasteiger partial charge in [0, 0.05) is 44.3 Å². The fourth-order valence-electron chi connectivity index (χ4n) is 10.7. The van der Waals surface area contributed by atoms with Gasteiger partial charge in [-0.1, -0.05) is 147 Å². The largest absolute Gasteiger partial charge is 0.310 e. The Morgan fingerprint density at radius 3 is 1.56 bits per heavy atom. The van der Waals surface area contributed by atoms with Gasteiger partial charge in [-0.05, 0) is 132 Å². The summed E-state index contributed by atoms with van der Waals surface area (Å²) in [6, 6.07) is 72.2. The molecule has 0 saturated carbocycles. The van der Waals surface area contributed by atoms with E-state index in [4.69, 9.17) is 0 Å². The van der Waals surface area contributed by atoms with E-state index in [0.717, 1.165) is 17.1 Å². The van der Waals surface area contributed by atoms with Crippen LogP contribution in [0.4, 0.5) is 17.1 Å². The predicted molar refractivity (Wildman–Crippen MR) is 250 cm³/mol. The first-order chi connectivity index (χ1) is 29.0. The van der Waals surface area contributed by atoms with Crippen LogP contribution < -0.4 is 4.90 Å². The second-order valence-electron chi connectivity index (χ2n) is 16.9. The first-order valence-corrected chi connectivity index (χ1v) is 20.7. The number of benzene rings is 10. The summed E-state index contributed by atoms with van der Waals surface area (Å²) in [6.07, 6.45) is 0. The zero-order valence-electron chi connectivity index (χ0n) is 32.9. The van der Waals surface area contributed by atoms with Gasteiger partial charge in [-0.25, -0.2) is 0 Å². The van der Waals surface area contributed by atoms with Crippen LogP contribution >= 0.6 is 0 Å². The number of hydrogen-bond acceptors (Lipinski definition) is 1. The lowest BCUT2D eigenvalue weighted by Crippen LogP contribution is -2.16. The van der Waals surface area contributed by atoms with E-state index in [2.05, 4.69) is 217 Å². The average molecular weight is 751 g/mol. The standard InChI is InChI=1S/C57H38N2/c1-57(2)48-17-7-6-14-44(48)45-31-30-43(34-49(45)57)58(40-12-4-3-5-13-40)41-26-20-35(21-27-41)36-22-28-42(29-23-36)59-50-32-24-38-11-9-16-47-46-15-8-10-37-18-19-39-25-33-51(59)56(54(39)52(37)46)55(50)53(38)47/h3-34H,1-2H3. The Hall–Kier alpha value is -7.42. The SMILES string of the molecule is CC1(C)c2ccccc2-c2ccc(N(c3ccccc3)c3ccc(-c4ccc(-n5c6ccc7cccc8c7c6c6c7c(ccc9cccc-8c97)ccc65)cc4)cc3)cc21. The van der Waals surface area contributed by atoms with E-state index in [1.165, 1.54) is 104 Å². The molecule has 1 aromatic heterocycles. The third-order valence-electron chi connectivity index (χ3n) is 13.5. The van der Waals surface area contributed by atoms with E-state index in [1.807, 2.05) is 0 Å². The summed E-state index contributed by atoms with van der Waals surface area (Å²) in [7, 11) is 0. The lowest BCUT2D eigenvalue weighted by molar-refractivity contribution is 0.660. The van der Waals surface area contributed by atoms with E-state index < -0.39 is 0 Å². The number of rotatable bonds is 5. The topological polar surface area (TPSA) is 8.17 Å². The van der Waals surface area contributed by atoms with E-state index in [0.29, 0.717) is 0 Å². The molecule has 276 valence electrons. The second kappa shape index (κ2) is 11.8. The van der Waals surface area contributed by atoms with E-state index >= 15 is 0 Å². The van der Waals surface area contributed by atoms with Gasteiger partial charge in [0.15, 0.2) is 0 Å². The lowest BCUT2D eigenvalue weighted by atomic mass is 9.82. The molecule has 0 bridgehead atoms. The molecule has 0 amide bonds. The van der Waals surface area contributed by atoms with Crippen LogP contribution in [0.15, 0.2) is 194 Å². The normalized spacial score (nSPS) is 13.4. The molecule has 2 heteroatoms. The summed E-state index contributed by atoms with van der Waals surface area (Å²) in [5.41, 5.74) is 17.5. The fraction of sp³-hybridized carbons (Fsp3) is 0.0526. The molecule has 0 fully saturated rings. The summed E-state index contributed by atoms with van der Waals surface area (Å²) in [5.74, 6) is 0. The summed E-state index contributed by atoms with van der Waals surface area (Å²) >= 11 is 0. The zero-order chi connectivity index (χ0) is 39.0. The molecule has 59 heavy (non-hydrogen) atoms. The lowest BCUT2D eigenvalue weighted by Gasteiger charge is -2.28. The van der Waals surface area contributed by atoms with Gasteiger partial charge in [-0.2, -0.15) is 0 Å². The average Bonchev–Trinajstić information content (AvgIpc) is 3.69. The molecule has 0 unspecified atom stereocenters. The maximum Gasteiger partial charge on any atom is 0.0548 e. The van der Waals surface area contributed by atoms with Crippen LogP contribution in [0, 0.1) is 0 Å². The van der Waals surface area contributed by atoms with Crippen molar-refractivity contribution in [2.24, 2.45) is 0 Å². The monoisotopic (exact) mass is 750 g/mol. The quantitative estimate of drug-likeness (QED) is 0.159. The van der Waals surface area contributed by atoms with Gasteiger partial charge < -0.3 is 9.47 Å². The van der Waals surface area contributed by atoms with Gasteiger partial charge in [0.2, 0.25) is 0 Å². The van der Waals surface area contributed by atoms with Crippen molar-refractivity contribution in [2.75, 3.05) is 4.90 Å². The van der Waals surface area contributed by atoms with Crippen LogP contribution in [0.1, 0.15) is 25.0 Å². The van der Waals surface area contributed by atoms with Crippen molar-refractivity contribution < 1.29 is 0 Å². The van der Waals surface area contributed by atoms with Gasteiger partial charge >= 0.3 is 0 Å². The summed E-state index contributed by atoms with van der Waals surface area (Å²) in [4.78, 5) is 2.38. The van der Waals surface area contributed by atoms with Gasteiger partial charge in [0.1, 0.15) is 0 Å². The van der Waals surface area contributed by atoms with Gasteiger partial charge in [-0.3, -0.25) is 0 Å². The van der Waals surface area contributed by atoms with Gasteiger partial charge in [-0.15, -0.1) is 0 Å². The second-order valence-corrected chi connectivity index (χ2v) is 16.9. The molecule has 1 heterocycles. The van der Waals surface area contributed by atoms with Gasteiger partial charge in [0.05, 0.1) is 11.0 Å². The molecule has 2 nitrogen and oxygen atoms in total. The van der Waals surface area contributed by atoms with Crippen molar-refractivity contribution in [1.82, 2.24) is 4.57 Å². The molecule has 0 aliphatic heterocycles. The molecule has 2 aliphatic carbocycles. The summed E-state index contributed by atoms with van der Waals surface area (Å²) in [5, 5.41) is 10.6. The molecule has 2 aliphatic rings. The Morgan fingerprint density at radius 1 is 0.356 bits per heavy atom. The number of nitrogens with zero attached hydrogens (tertiary/aromatic N) is 2. The van der Waals surface area contributed by atoms with Crippen LogP contribution in [0.3, 0.4) is 0 Å². The number of hydrogen-bond donors (Lipinski definition) is 0. The highest BCUT2D eigenvalue weighted by atomic mass is 15.1. The van der Waals surface area contributed by atoms with E-state index in [9.17, 15) is 0 Å². The minimum Gasteiger partial charge on any atom is -0.310 e. The molecule has 13 rings (SSSR count). The number of aromatic nitrogens is 1. The smallest absolute Gasteiger partial charge is 0.0548 e. The molecule has 0 N–H and O–H groups in total. The van der Waals surface area contributed by atoms with Crippen molar-refractivity contribution >= 4 is 71.2 Å². The number of fused-ring (bicyclic) bond motifs is 4. The Kier molecular flexibility index (Phi) is 6.54. The molecule has 0 saturated heterocycles. The van der Waals surface area contributed by atoms with Crippen LogP contribution in [-0.4, -0.2) is 4.57 Å². The molecule has 11 aromatic rings. The van der Waals surface area contributed by atoms with Crippen molar-refractivity contribution in [2.45, 2.75) is 19.3 Å². The first kappa shape index (κ1) is 32.6. The molecule has 0 atom stereocenters. The zero-order valence-corrected chi connectivity index (χ0v) is 32.9. The first-order valence-electron chi connectivity index (χ1n) is 20.7. The Bertz CT molecular complexity index is 3550. The van der Waals surface area contributed by atoms with E-state index in [1.54, 1.807) is 0 Å². The maximum absolute atomic E-state index is 2.48. The highest BCUT2D eigenvalue weighted by Crippen LogP contribution is 2.52. The summed E-state index contributed by atoms with van der Waals surface area (Å²) < 4.78 is 2.48. The molecule has 0 spiro atoms. The van der Waals surface area contributed by atoms with Crippen LogP contribution in [0.2, 0.25) is 0 Å². The number of para-hydroxylation sites is 1. The number of anilines is 3. The molecular formula is C57H38N2. The predicted octanol–water partition coefficient (Wildman–Crippen LogP) is 15.7. The minimum absolute atomic E-state index is 0.0720. The van der Waals surface area contributed by atoms with Crippen molar-refractivity contribution in [3.8, 4) is 39.1 Å². The van der Waals surface area contributed by atoms with Crippen LogP contribution in [-0.2, 0) is 5.41 Å². The van der Waals surface area contributed by atoms with Crippen molar-refractivity contribution in [1.29, 1.82) is 0 Å². The van der Waals surface area contributed by atoms with Crippen LogP contribution in [0.5, 0.6) is 0 Å². The Balaban J connectivity index is 0.915. The third kappa shape index (κ3) is 4.46. The van der Waals surface area contributed by atoms with Crippen molar-refractivity contribution in [3.05, 3.63) is 205 Å². The summed E-state index contributed by atoms with van der Waals surface area (Å²) in [6.45, 7) is 4.70. The fourth-order valence-corrected chi connectivity index (χ4v) is 10.7. The Labute approximate surface area is 342 Å². The van der Waals surface area contributed by atoms with Crippen molar-refractivity contribution in [3.63, 3.8) is 0 Å². The Morgan fingerprint density at radius 2 is 0.864 bits per heavy atom. The third-order valence-corrected chi connectivity index (χ3v) is 13.5. The van der Waals surface area contributed by atoms with E-state index in [-0.39, 0.29) is 5.41 Å².